The average molecular weight is 339 g/mol. The van der Waals surface area contributed by atoms with Gasteiger partial charge in [0.1, 0.15) is 5.76 Å². The Hall–Kier alpha value is -2.69. The highest BCUT2D eigenvalue weighted by molar-refractivity contribution is 5.89. The van der Waals surface area contributed by atoms with Gasteiger partial charge in [-0.2, -0.15) is 0 Å². The molecule has 5 nitrogen and oxygen atoms in total. The second-order valence-corrected chi connectivity index (χ2v) is 6.32. The van der Waals surface area contributed by atoms with Gasteiger partial charge in [0.05, 0.1) is 5.70 Å². The number of nitrogens with zero attached hydrogens (tertiary/aromatic N) is 1. The topological polar surface area (TPSA) is 53.6 Å². The van der Waals surface area contributed by atoms with E-state index in [0.717, 1.165) is 18.8 Å². The maximum atomic E-state index is 12.7. The second-order valence-electron chi connectivity index (χ2n) is 6.32. The van der Waals surface area contributed by atoms with Crippen molar-refractivity contribution in [2.45, 2.75) is 25.4 Å². The van der Waals surface area contributed by atoms with E-state index in [4.69, 9.17) is 4.74 Å². The second kappa shape index (κ2) is 7.05. The molecule has 0 unspecified atom stereocenters. The molecule has 132 valence electrons. The summed E-state index contributed by atoms with van der Waals surface area (Å²) >= 11 is 0. The highest BCUT2D eigenvalue weighted by Gasteiger charge is 2.46. The molecule has 0 saturated carbocycles. The van der Waals surface area contributed by atoms with E-state index in [2.05, 4.69) is 46.4 Å². The van der Waals surface area contributed by atoms with E-state index in [-0.39, 0.29) is 5.91 Å². The third-order valence-corrected chi connectivity index (χ3v) is 4.84. The molecule has 0 aliphatic carbocycles. The van der Waals surface area contributed by atoms with E-state index in [1.165, 1.54) is 5.69 Å². The molecule has 2 N–H and O–H groups in total. The van der Waals surface area contributed by atoms with Gasteiger partial charge in [-0.3, -0.25) is 4.79 Å². The normalized spacial score (nSPS) is 19.8. The molecule has 1 amide bonds. The summed E-state index contributed by atoms with van der Waals surface area (Å²) in [5.74, 6) is 0.584. The fraction of sp³-hybridized carbons (Fsp3) is 0.350. The van der Waals surface area contributed by atoms with Crippen LogP contribution < -0.4 is 15.5 Å². The molecule has 1 aromatic carbocycles. The summed E-state index contributed by atoms with van der Waals surface area (Å²) in [6.07, 6.45) is 6.66. The van der Waals surface area contributed by atoms with Crippen LogP contribution in [0.2, 0.25) is 0 Å². The summed E-state index contributed by atoms with van der Waals surface area (Å²) in [6, 6.07) is 8.33. The lowest BCUT2D eigenvalue weighted by Crippen LogP contribution is -2.57. The van der Waals surface area contributed by atoms with Crippen molar-refractivity contribution in [2.24, 2.45) is 0 Å². The fourth-order valence-corrected chi connectivity index (χ4v) is 3.35. The van der Waals surface area contributed by atoms with Gasteiger partial charge in [0.25, 0.3) is 5.91 Å². The summed E-state index contributed by atoms with van der Waals surface area (Å²) in [5, 5.41) is 6.10. The van der Waals surface area contributed by atoms with Crippen LogP contribution in [0.4, 0.5) is 11.4 Å². The minimum atomic E-state index is -0.796. The third kappa shape index (κ3) is 3.27. The molecule has 5 heteroatoms. The van der Waals surface area contributed by atoms with Crippen molar-refractivity contribution in [2.75, 3.05) is 30.4 Å². The van der Waals surface area contributed by atoms with Crippen LogP contribution in [0.15, 0.2) is 60.5 Å². The van der Waals surface area contributed by atoms with Crippen molar-refractivity contribution >= 4 is 17.3 Å². The van der Waals surface area contributed by atoms with Gasteiger partial charge < -0.3 is 20.3 Å². The predicted octanol–water partition coefficient (Wildman–Crippen LogP) is 3.19. The Morgan fingerprint density at radius 3 is 2.52 bits per heavy atom. The van der Waals surface area contributed by atoms with E-state index >= 15 is 0 Å². The number of ether oxygens (including phenoxy) is 1. The number of carbonyl (C=O) groups is 1. The zero-order chi connectivity index (χ0) is 17.9. The number of rotatable bonds is 4. The van der Waals surface area contributed by atoms with Crippen LogP contribution in [0.5, 0.6) is 0 Å². The van der Waals surface area contributed by atoms with Crippen molar-refractivity contribution in [3.05, 3.63) is 60.5 Å². The molecule has 0 bridgehead atoms. The lowest BCUT2D eigenvalue weighted by atomic mass is 9.88. The van der Waals surface area contributed by atoms with Crippen LogP contribution in [0, 0.1) is 0 Å². The number of benzene rings is 1. The average Bonchev–Trinajstić information content (AvgIpc) is 2.65. The van der Waals surface area contributed by atoms with E-state index in [9.17, 15) is 4.79 Å². The van der Waals surface area contributed by atoms with Gasteiger partial charge in [-0.05, 0) is 43.3 Å². The summed E-state index contributed by atoms with van der Waals surface area (Å²) in [7, 11) is 1.91. The lowest BCUT2D eigenvalue weighted by Gasteiger charge is -2.43. The maximum Gasteiger partial charge on any atom is 0.268 e. The van der Waals surface area contributed by atoms with Crippen LogP contribution in [0.1, 0.15) is 19.8 Å². The fourth-order valence-electron chi connectivity index (χ4n) is 3.35. The van der Waals surface area contributed by atoms with Crippen LogP contribution in [-0.2, 0) is 9.53 Å². The van der Waals surface area contributed by atoms with Crippen molar-refractivity contribution < 1.29 is 9.53 Å². The lowest BCUT2D eigenvalue weighted by molar-refractivity contribution is -0.146. The van der Waals surface area contributed by atoms with Gasteiger partial charge in [-0.1, -0.05) is 12.7 Å². The largest absolute Gasteiger partial charge is 0.475 e. The van der Waals surface area contributed by atoms with E-state index in [1.54, 1.807) is 6.08 Å². The van der Waals surface area contributed by atoms with Gasteiger partial charge in [0.2, 0.25) is 0 Å². The standard InChI is InChI=1S/C20H25N3O2/c1-4-6-17-18(5-2)25-20(19(24)22-17)11-13-23(14-12-20)16-9-7-15(21-3)8-10-16/h4-10,21H,2,11-14H2,1,3H3,(H,22,24)/b6-4-. The van der Waals surface area contributed by atoms with Gasteiger partial charge in [-0.25, -0.2) is 0 Å². The first kappa shape index (κ1) is 17.1. The molecule has 0 atom stereocenters. The molecular formula is C20H25N3O2. The Bertz CT molecular complexity index is 711. The highest BCUT2D eigenvalue weighted by Crippen LogP contribution is 2.35. The number of nitrogens with one attached hydrogen (secondary N) is 2. The van der Waals surface area contributed by atoms with E-state index in [1.807, 2.05) is 26.1 Å². The number of allylic oxidation sites excluding steroid dienone is 3. The zero-order valence-corrected chi connectivity index (χ0v) is 14.8. The molecule has 1 fully saturated rings. The van der Waals surface area contributed by atoms with Gasteiger partial charge >= 0.3 is 0 Å². The first-order chi connectivity index (χ1) is 12.1. The van der Waals surface area contributed by atoms with E-state index in [0.29, 0.717) is 24.3 Å². The SMILES string of the molecule is C=CC1=C(/C=C\C)NC(=O)C2(CCN(c3ccc(NC)cc3)CC2)O1. The molecule has 0 radical (unpaired) electrons. The monoisotopic (exact) mass is 339 g/mol. The van der Waals surface area contributed by atoms with Gasteiger partial charge in [0.15, 0.2) is 5.60 Å². The Labute approximate surface area is 149 Å². The molecule has 2 heterocycles. The van der Waals surface area contributed by atoms with Crippen LogP contribution >= 0.6 is 0 Å². The molecule has 3 rings (SSSR count). The molecular weight excluding hydrogens is 314 g/mol. The smallest absolute Gasteiger partial charge is 0.268 e. The molecule has 1 saturated heterocycles. The minimum Gasteiger partial charge on any atom is -0.475 e. The van der Waals surface area contributed by atoms with E-state index < -0.39 is 5.60 Å². The molecule has 1 spiro atoms. The Morgan fingerprint density at radius 1 is 1.28 bits per heavy atom. The summed E-state index contributed by atoms with van der Waals surface area (Å²) in [4.78, 5) is 15.0. The Balaban J connectivity index is 1.74. The Morgan fingerprint density at radius 2 is 1.96 bits per heavy atom. The molecule has 25 heavy (non-hydrogen) atoms. The summed E-state index contributed by atoms with van der Waals surface area (Å²) in [5.41, 5.74) is 2.14. The number of hydrogen-bond donors (Lipinski definition) is 2. The zero-order valence-electron chi connectivity index (χ0n) is 14.8. The first-order valence-electron chi connectivity index (χ1n) is 8.64. The quantitative estimate of drug-likeness (QED) is 0.885. The number of amides is 1. The van der Waals surface area contributed by atoms with Crippen molar-refractivity contribution in [1.29, 1.82) is 0 Å². The number of hydrogen-bond acceptors (Lipinski definition) is 4. The highest BCUT2D eigenvalue weighted by atomic mass is 16.5. The van der Waals surface area contributed by atoms with Crippen LogP contribution in [-0.4, -0.2) is 31.6 Å². The number of carbonyl (C=O) groups excluding carboxylic acids is 1. The van der Waals surface area contributed by atoms with Crippen molar-refractivity contribution in [3.8, 4) is 0 Å². The Kier molecular flexibility index (Phi) is 4.83. The number of piperidine rings is 1. The summed E-state index contributed by atoms with van der Waals surface area (Å²) < 4.78 is 6.12. The summed E-state index contributed by atoms with van der Waals surface area (Å²) in [6.45, 7) is 7.27. The molecule has 2 aliphatic rings. The number of anilines is 2. The van der Waals surface area contributed by atoms with Gasteiger partial charge in [0, 0.05) is 44.4 Å². The maximum absolute atomic E-state index is 12.7. The third-order valence-electron chi connectivity index (χ3n) is 4.84. The first-order valence-corrected chi connectivity index (χ1v) is 8.64. The van der Waals surface area contributed by atoms with Crippen molar-refractivity contribution in [3.63, 3.8) is 0 Å². The minimum absolute atomic E-state index is 0.0589. The predicted molar refractivity (Wildman–Crippen MR) is 101 cm³/mol. The van der Waals surface area contributed by atoms with Crippen molar-refractivity contribution in [1.82, 2.24) is 5.32 Å². The molecule has 2 aliphatic heterocycles. The van der Waals surface area contributed by atoms with Gasteiger partial charge in [-0.15, -0.1) is 0 Å². The van der Waals surface area contributed by atoms with Crippen LogP contribution in [0.3, 0.4) is 0 Å². The molecule has 1 aromatic rings. The molecule has 0 aromatic heterocycles. The van der Waals surface area contributed by atoms with Crippen LogP contribution in [0.25, 0.3) is 0 Å².